The van der Waals surface area contributed by atoms with Gasteiger partial charge in [0.05, 0.1) is 11.8 Å². The minimum absolute atomic E-state index is 0.00443. The van der Waals surface area contributed by atoms with Crippen LogP contribution in [0, 0.1) is 5.92 Å². The van der Waals surface area contributed by atoms with Crippen LogP contribution in [0.1, 0.15) is 50.5 Å². The molecular weight excluding hydrogens is 364 g/mol. The van der Waals surface area contributed by atoms with Crippen LogP contribution in [0.2, 0.25) is 0 Å². The van der Waals surface area contributed by atoms with Crippen LogP contribution in [0.5, 0.6) is 0 Å². The summed E-state index contributed by atoms with van der Waals surface area (Å²) in [5.74, 6) is -1.19. The van der Waals surface area contributed by atoms with Gasteiger partial charge >= 0.3 is 5.97 Å². The number of nitrogens with zero attached hydrogens (tertiary/aromatic N) is 1. The van der Waals surface area contributed by atoms with Gasteiger partial charge in [-0.25, -0.2) is 0 Å². The van der Waals surface area contributed by atoms with Crippen LogP contribution in [-0.4, -0.2) is 51.5 Å². The lowest BCUT2D eigenvalue weighted by Crippen LogP contribution is -2.51. The maximum Gasteiger partial charge on any atom is 0.308 e. The van der Waals surface area contributed by atoms with Gasteiger partial charge in [-0.05, 0) is 37.0 Å². The third-order valence-corrected chi connectivity index (χ3v) is 5.97. The Morgan fingerprint density at radius 1 is 1.19 bits per heavy atom. The number of hydrogen-bond donors (Lipinski definition) is 2. The number of carbonyl (C=O) groups excluding carboxylic acids is 2. The number of nitrogens with one attached hydrogen (secondary N) is 1. The standard InChI is InChI=1S/C20H28N2O4S/c1-12(19(25)26)13(2)21-17(23)16-10-27-11-22(16)18(24)14-6-8-15(9-7-14)20(3,4)5/h6-9,12-13,16H,10-11H2,1-5H3,(H,21,23)(H,25,26). The first-order valence-electron chi connectivity index (χ1n) is 9.05. The quantitative estimate of drug-likeness (QED) is 0.805. The number of carboxylic acid groups (broad SMARTS) is 1. The van der Waals surface area contributed by atoms with Crippen molar-refractivity contribution >= 4 is 29.5 Å². The van der Waals surface area contributed by atoms with Crippen LogP contribution in [0.4, 0.5) is 0 Å². The second-order valence-corrected chi connectivity index (χ2v) is 9.04. The Morgan fingerprint density at radius 2 is 1.78 bits per heavy atom. The maximum atomic E-state index is 12.9. The van der Waals surface area contributed by atoms with Crippen LogP contribution in [0.15, 0.2) is 24.3 Å². The van der Waals surface area contributed by atoms with Gasteiger partial charge in [-0.2, -0.15) is 0 Å². The number of hydrogen-bond acceptors (Lipinski definition) is 4. The summed E-state index contributed by atoms with van der Waals surface area (Å²) in [6, 6.07) is 6.40. The molecule has 2 amide bonds. The van der Waals surface area contributed by atoms with E-state index in [4.69, 9.17) is 5.11 Å². The van der Waals surface area contributed by atoms with Crippen LogP contribution in [0.25, 0.3) is 0 Å². The van der Waals surface area contributed by atoms with Crippen molar-refractivity contribution in [2.75, 3.05) is 11.6 Å². The Morgan fingerprint density at radius 3 is 2.30 bits per heavy atom. The summed E-state index contributed by atoms with van der Waals surface area (Å²) in [6.07, 6.45) is 0. The molecule has 1 aliphatic heterocycles. The molecule has 7 heteroatoms. The van der Waals surface area contributed by atoms with Gasteiger partial charge in [0, 0.05) is 17.4 Å². The lowest BCUT2D eigenvalue weighted by Gasteiger charge is -2.26. The molecule has 1 fully saturated rings. The number of carboxylic acids is 1. The zero-order chi connectivity index (χ0) is 20.4. The number of amides is 2. The van der Waals surface area contributed by atoms with Crippen molar-refractivity contribution in [3.05, 3.63) is 35.4 Å². The highest BCUT2D eigenvalue weighted by Crippen LogP contribution is 2.26. The molecule has 0 aliphatic carbocycles. The van der Waals surface area contributed by atoms with Crippen molar-refractivity contribution in [2.45, 2.75) is 52.1 Å². The molecule has 3 unspecified atom stereocenters. The van der Waals surface area contributed by atoms with Gasteiger partial charge in [-0.3, -0.25) is 14.4 Å². The molecule has 27 heavy (non-hydrogen) atoms. The minimum Gasteiger partial charge on any atom is -0.481 e. The van der Waals surface area contributed by atoms with Crippen LogP contribution in [-0.2, 0) is 15.0 Å². The molecular formula is C20H28N2O4S. The van der Waals surface area contributed by atoms with Gasteiger partial charge < -0.3 is 15.3 Å². The fourth-order valence-corrected chi connectivity index (χ4v) is 3.95. The summed E-state index contributed by atoms with van der Waals surface area (Å²) >= 11 is 1.52. The number of aliphatic carboxylic acids is 1. The van der Waals surface area contributed by atoms with E-state index in [1.807, 2.05) is 12.1 Å². The largest absolute Gasteiger partial charge is 0.481 e. The van der Waals surface area contributed by atoms with Gasteiger partial charge in [0.25, 0.3) is 5.91 Å². The molecule has 1 aliphatic rings. The highest BCUT2D eigenvalue weighted by molar-refractivity contribution is 7.99. The first-order valence-corrected chi connectivity index (χ1v) is 10.2. The number of thioether (sulfide) groups is 1. The molecule has 1 saturated heterocycles. The average Bonchev–Trinajstić information content (AvgIpc) is 3.09. The van der Waals surface area contributed by atoms with Crippen molar-refractivity contribution in [3.8, 4) is 0 Å². The number of carbonyl (C=O) groups is 3. The third-order valence-electron chi connectivity index (χ3n) is 4.95. The van der Waals surface area contributed by atoms with E-state index in [-0.39, 0.29) is 17.2 Å². The summed E-state index contributed by atoms with van der Waals surface area (Å²) in [7, 11) is 0. The summed E-state index contributed by atoms with van der Waals surface area (Å²) in [4.78, 5) is 38.1. The monoisotopic (exact) mass is 392 g/mol. The summed E-state index contributed by atoms with van der Waals surface area (Å²) < 4.78 is 0. The third kappa shape index (κ3) is 5.03. The predicted molar refractivity (Wildman–Crippen MR) is 107 cm³/mol. The van der Waals surface area contributed by atoms with Crippen LogP contribution in [0.3, 0.4) is 0 Å². The molecule has 1 aromatic carbocycles. The van der Waals surface area contributed by atoms with Gasteiger partial charge in [0.1, 0.15) is 6.04 Å². The van der Waals surface area contributed by atoms with Crippen molar-refractivity contribution < 1.29 is 19.5 Å². The molecule has 2 rings (SSSR count). The molecule has 0 spiro atoms. The summed E-state index contributed by atoms with van der Waals surface area (Å²) in [6.45, 7) is 9.55. The predicted octanol–water partition coefficient (Wildman–Crippen LogP) is 2.72. The highest BCUT2D eigenvalue weighted by Gasteiger charge is 2.36. The second kappa shape index (κ2) is 8.33. The fraction of sp³-hybridized carbons (Fsp3) is 0.550. The molecule has 6 nitrogen and oxygen atoms in total. The lowest BCUT2D eigenvalue weighted by atomic mass is 9.86. The van der Waals surface area contributed by atoms with Gasteiger partial charge in [0.15, 0.2) is 0 Å². The van der Waals surface area contributed by atoms with Crippen molar-refractivity contribution in [1.29, 1.82) is 0 Å². The molecule has 1 aromatic rings. The highest BCUT2D eigenvalue weighted by atomic mass is 32.2. The minimum atomic E-state index is -0.963. The smallest absolute Gasteiger partial charge is 0.308 e. The Labute approximate surface area is 164 Å². The fourth-order valence-electron chi connectivity index (χ4n) is 2.80. The Kier molecular flexibility index (Phi) is 6.57. The zero-order valence-electron chi connectivity index (χ0n) is 16.5. The SMILES string of the molecule is CC(NC(=O)C1CSCN1C(=O)c1ccc(C(C)(C)C)cc1)C(C)C(=O)O. The summed E-state index contributed by atoms with van der Waals surface area (Å²) in [5.41, 5.74) is 1.70. The summed E-state index contributed by atoms with van der Waals surface area (Å²) in [5, 5.41) is 11.8. The van der Waals surface area contributed by atoms with Crippen LogP contribution >= 0.6 is 11.8 Å². The molecule has 148 valence electrons. The van der Waals surface area contributed by atoms with E-state index in [2.05, 4.69) is 26.1 Å². The Bertz CT molecular complexity index is 712. The lowest BCUT2D eigenvalue weighted by molar-refractivity contribution is -0.142. The van der Waals surface area contributed by atoms with Crippen LogP contribution < -0.4 is 5.32 Å². The van der Waals surface area contributed by atoms with Gasteiger partial charge in [-0.15, -0.1) is 11.8 Å². The molecule has 2 N–H and O–H groups in total. The molecule has 0 saturated carbocycles. The topological polar surface area (TPSA) is 86.7 Å². The van der Waals surface area contributed by atoms with Crippen molar-refractivity contribution in [3.63, 3.8) is 0 Å². The van der Waals surface area contributed by atoms with Crippen molar-refractivity contribution in [2.24, 2.45) is 5.92 Å². The van der Waals surface area contributed by atoms with Gasteiger partial charge in [-0.1, -0.05) is 32.9 Å². The second-order valence-electron chi connectivity index (χ2n) is 8.04. The van der Waals surface area contributed by atoms with E-state index in [0.29, 0.717) is 17.2 Å². The zero-order valence-corrected chi connectivity index (χ0v) is 17.3. The van der Waals surface area contributed by atoms with E-state index in [9.17, 15) is 14.4 Å². The first kappa shape index (κ1) is 21.3. The van der Waals surface area contributed by atoms with E-state index in [0.717, 1.165) is 5.56 Å². The van der Waals surface area contributed by atoms with Gasteiger partial charge in [0.2, 0.25) is 5.91 Å². The Balaban J connectivity index is 2.09. The molecule has 1 heterocycles. The Hall–Kier alpha value is -2.02. The van der Waals surface area contributed by atoms with Crippen molar-refractivity contribution in [1.82, 2.24) is 10.2 Å². The molecule has 0 aromatic heterocycles. The van der Waals surface area contributed by atoms with E-state index < -0.39 is 24.0 Å². The molecule has 0 radical (unpaired) electrons. The first-order chi connectivity index (χ1) is 12.5. The molecule has 3 atom stereocenters. The number of benzene rings is 1. The maximum absolute atomic E-state index is 12.9. The normalized spacial score (nSPS) is 19.4. The number of rotatable bonds is 5. The van der Waals surface area contributed by atoms with E-state index in [1.54, 1.807) is 30.9 Å². The van der Waals surface area contributed by atoms with E-state index in [1.165, 1.54) is 11.8 Å². The molecule has 0 bridgehead atoms. The van der Waals surface area contributed by atoms with E-state index >= 15 is 0 Å². The average molecular weight is 393 g/mol.